The van der Waals surface area contributed by atoms with Crippen molar-refractivity contribution in [3.63, 3.8) is 0 Å². The van der Waals surface area contributed by atoms with E-state index in [1.165, 1.54) is 37.8 Å². The Kier molecular flexibility index (Phi) is 5.45. The number of benzene rings is 1. The van der Waals surface area contributed by atoms with E-state index >= 15 is 0 Å². The van der Waals surface area contributed by atoms with Crippen LogP contribution in [0.5, 0.6) is 0 Å². The monoisotopic (exact) mass is 288 g/mol. The van der Waals surface area contributed by atoms with Crippen LogP contribution in [0, 0.1) is 0 Å². The summed E-state index contributed by atoms with van der Waals surface area (Å²) in [6.07, 6.45) is 5.11. The van der Waals surface area contributed by atoms with E-state index in [1.807, 2.05) is 0 Å². The first kappa shape index (κ1) is 16.5. The minimum Gasteiger partial charge on any atom is -0.308 e. The van der Waals surface area contributed by atoms with E-state index < -0.39 is 0 Å². The maximum Gasteiger partial charge on any atom is 0.0558 e. The second-order valence-electron chi connectivity index (χ2n) is 7.04. The van der Waals surface area contributed by atoms with Crippen molar-refractivity contribution >= 4 is 0 Å². The zero-order chi connectivity index (χ0) is 15.3. The molecular weight excluding hydrogens is 256 g/mol. The maximum absolute atomic E-state index is 3.81. The van der Waals surface area contributed by atoms with E-state index in [1.54, 1.807) is 0 Å². The molecule has 2 unspecified atom stereocenters. The molecule has 2 nitrogen and oxygen atoms in total. The fourth-order valence-electron chi connectivity index (χ4n) is 3.35. The lowest BCUT2D eigenvalue weighted by molar-refractivity contribution is 0.0155. The topological polar surface area (TPSA) is 15.3 Å². The van der Waals surface area contributed by atoms with Gasteiger partial charge in [0.2, 0.25) is 0 Å². The molecule has 1 saturated heterocycles. The molecule has 1 aromatic rings. The van der Waals surface area contributed by atoms with Crippen molar-refractivity contribution in [2.45, 2.75) is 64.5 Å². The lowest BCUT2D eigenvalue weighted by atomic mass is 9.82. The molecule has 1 aromatic carbocycles. The number of nitrogens with zero attached hydrogens (tertiary/aromatic N) is 1. The smallest absolute Gasteiger partial charge is 0.0558 e. The molecule has 0 radical (unpaired) electrons. The number of nitrogens with one attached hydrogen (secondary N) is 1. The minimum atomic E-state index is 0.115. The molecule has 0 aliphatic carbocycles. The van der Waals surface area contributed by atoms with Gasteiger partial charge in [0.15, 0.2) is 0 Å². The lowest BCUT2D eigenvalue weighted by Gasteiger charge is -2.52. The molecule has 118 valence electrons. The summed E-state index contributed by atoms with van der Waals surface area (Å²) in [7, 11) is 0. The summed E-state index contributed by atoms with van der Waals surface area (Å²) in [4.78, 5) is 2.72. The molecular formula is C19H32N2. The van der Waals surface area contributed by atoms with Gasteiger partial charge in [-0.2, -0.15) is 0 Å². The summed E-state index contributed by atoms with van der Waals surface area (Å²) in [5, 5.41) is 3.81. The van der Waals surface area contributed by atoms with E-state index in [2.05, 4.69) is 68.2 Å². The van der Waals surface area contributed by atoms with Crippen LogP contribution in [0.3, 0.4) is 0 Å². The number of hydrogen-bond acceptors (Lipinski definition) is 2. The van der Waals surface area contributed by atoms with E-state index in [9.17, 15) is 0 Å². The van der Waals surface area contributed by atoms with Gasteiger partial charge in [0, 0.05) is 18.6 Å². The molecule has 1 aliphatic heterocycles. The molecule has 2 atom stereocenters. The van der Waals surface area contributed by atoms with Crippen LogP contribution in [0.1, 0.15) is 58.9 Å². The molecule has 2 rings (SSSR count). The SMILES string of the molecule is CCCCCN1CC(C)(CC)NCC1(C)c1ccccc1. The van der Waals surface area contributed by atoms with Crippen LogP contribution in [0.15, 0.2) is 30.3 Å². The van der Waals surface area contributed by atoms with Crippen LogP contribution in [-0.2, 0) is 5.54 Å². The average Bonchev–Trinajstić information content (AvgIpc) is 2.52. The third kappa shape index (κ3) is 3.67. The Balaban J connectivity index is 2.21. The number of rotatable bonds is 6. The average molecular weight is 288 g/mol. The Morgan fingerprint density at radius 3 is 2.43 bits per heavy atom. The van der Waals surface area contributed by atoms with Crippen molar-refractivity contribution in [2.24, 2.45) is 0 Å². The summed E-state index contributed by atoms with van der Waals surface area (Å²) < 4.78 is 0. The molecule has 1 N–H and O–H groups in total. The Morgan fingerprint density at radius 1 is 1.10 bits per heavy atom. The van der Waals surface area contributed by atoms with Gasteiger partial charge in [-0.1, -0.05) is 57.0 Å². The molecule has 1 fully saturated rings. The highest BCUT2D eigenvalue weighted by atomic mass is 15.3. The van der Waals surface area contributed by atoms with Crippen LogP contribution in [0.4, 0.5) is 0 Å². The number of unbranched alkanes of at least 4 members (excludes halogenated alkanes) is 2. The molecule has 1 heterocycles. The van der Waals surface area contributed by atoms with E-state index in [0.717, 1.165) is 13.1 Å². The van der Waals surface area contributed by atoms with Crippen molar-refractivity contribution < 1.29 is 0 Å². The summed E-state index contributed by atoms with van der Waals surface area (Å²) >= 11 is 0. The predicted molar refractivity (Wildman–Crippen MR) is 91.6 cm³/mol. The van der Waals surface area contributed by atoms with Crippen LogP contribution in [0.2, 0.25) is 0 Å². The largest absolute Gasteiger partial charge is 0.308 e. The minimum absolute atomic E-state index is 0.115. The Hall–Kier alpha value is -0.860. The van der Waals surface area contributed by atoms with Gasteiger partial charge in [-0.25, -0.2) is 0 Å². The van der Waals surface area contributed by atoms with Gasteiger partial charge >= 0.3 is 0 Å². The number of hydrogen-bond donors (Lipinski definition) is 1. The van der Waals surface area contributed by atoms with Gasteiger partial charge < -0.3 is 5.32 Å². The van der Waals surface area contributed by atoms with Crippen LogP contribution >= 0.6 is 0 Å². The quantitative estimate of drug-likeness (QED) is 0.791. The van der Waals surface area contributed by atoms with Gasteiger partial charge in [-0.05, 0) is 38.8 Å². The first-order chi connectivity index (χ1) is 10.0. The Bertz CT molecular complexity index is 430. The molecule has 0 bridgehead atoms. The third-order valence-corrected chi connectivity index (χ3v) is 5.30. The normalized spacial score (nSPS) is 30.5. The van der Waals surface area contributed by atoms with Crippen LogP contribution < -0.4 is 5.32 Å². The second kappa shape index (κ2) is 6.93. The first-order valence-electron chi connectivity index (χ1n) is 8.60. The molecule has 1 aliphatic rings. The van der Waals surface area contributed by atoms with Gasteiger partial charge in [0.05, 0.1) is 5.54 Å². The van der Waals surface area contributed by atoms with Crippen molar-refractivity contribution in [2.75, 3.05) is 19.6 Å². The van der Waals surface area contributed by atoms with Crippen molar-refractivity contribution in [3.8, 4) is 0 Å². The maximum atomic E-state index is 3.81. The Labute approximate surface area is 130 Å². The fraction of sp³-hybridized carbons (Fsp3) is 0.684. The highest BCUT2D eigenvalue weighted by Gasteiger charge is 2.42. The molecule has 21 heavy (non-hydrogen) atoms. The highest BCUT2D eigenvalue weighted by Crippen LogP contribution is 2.34. The molecule has 0 aromatic heterocycles. The molecule has 2 heteroatoms. The van der Waals surface area contributed by atoms with Crippen molar-refractivity contribution in [3.05, 3.63) is 35.9 Å². The van der Waals surface area contributed by atoms with Gasteiger partial charge in [0.1, 0.15) is 0 Å². The molecule has 0 amide bonds. The zero-order valence-corrected chi connectivity index (χ0v) is 14.3. The second-order valence-corrected chi connectivity index (χ2v) is 7.04. The predicted octanol–water partition coefficient (Wildman–Crippen LogP) is 4.17. The molecule has 0 spiro atoms. The standard InChI is InChI=1S/C19H32N2/c1-5-7-11-14-21-16-18(3,6-2)20-15-19(21,4)17-12-9-8-10-13-17/h8-10,12-13,20H,5-7,11,14-16H2,1-4H3. The summed E-state index contributed by atoms with van der Waals surface area (Å²) in [6.45, 7) is 12.7. The van der Waals surface area contributed by atoms with E-state index in [4.69, 9.17) is 0 Å². The lowest BCUT2D eigenvalue weighted by Crippen LogP contribution is -2.66. The highest BCUT2D eigenvalue weighted by molar-refractivity contribution is 5.26. The van der Waals surface area contributed by atoms with Crippen molar-refractivity contribution in [1.82, 2.24) is 10.2 Å². The van der Waals surface area contributed by atoms with E-state index in [-0.39, 0.29) is 11.1 Å². The van der Waals surface area contributed by atoms with Gasteiger partial charge in [-0.3, -0.25) is 4.90 Å². The fourth-order valence-corrected chi connectivity index (χ4v) is 3.35. The summed E-state index contributed by atoms with van der Waals surface area (Å²) in [5.74, 6) is 0. The first-order valence-corrected chi connectivity index (χ1v) is 8.60. The number of piperazine rings is 1. The van der Waals surface area contributed by atoms with Gasteiger partial charge in [-0.15, -0.1) is 0 Å². The summed E-state index contributed by atoms with van der Waals surface area (Å²) in [5.41, 5.74) is 1.80. The van der Waals surface area contributed by atoms with E-state index in [0.29, 0.717) is 0 Å². The van der Waals surface area contributed by atoms with Crippen LogP contribution in [0.25, 0.3) is 0 Å². The zero-order valence-electron chi connectivity index (χ0n) is 14.3. The van der Waals surface area contributed by atoms with Crippen molar-refractivity contribution in [1.29, 1.82) is 0 Å². The van der Waals surface area contributed by atoms with Gasteiger partial charge in [0.25, 0.3) is 0 Å². The van der Waals surface area contributed by atoms with Crippen LogP contribution in [-0.4, -0.2) is 30.1 Å². The third-order valence-electron chi connectivity index (χ3n) is 5.30. The summed E-state index contributed by atoms with van der Waals surface area (Å²) in [6, 6.07) is 11.0. The Morgan fingerprint density at radius 2 is 1.81 bits per heavy atom. The molecule has 0 saturated carbocycles.